The van der Waals surface area contributed by atoms with E-state index in [4.69, 9.17) is 23.1 Å². The Labute approximate surface area is 245 Å². The Morgan fingerprint density at radius 1 is 0.951 bits per heavy atom. The van der Waals surface area contributed by atoms with Crippen LogP contribution in [0.1, 0.15) is 60.6 Å². The van der Waals surface area contributed by atoms with Crippen molar-refractivity contribution in [1.29, 1.82) is 0 Å². The molecule has 0 radical (unpaired) electrons. The summed E-state index contributed by atoms with van der Waals surface area (Å²) in [5.74, 6) is -0.985. The number of hydrogen-bond acceptors (Lipinski definition) is 9. The van der Waals surface area contributed by atoms with Crippen molar-refractivity contribution < 1.29 is 37.1 Å². The van der Waals surface area contributed by atoms with Gasteiger partial charge in [0.05, 0.1) is 0 Å². The van der Waals surface area contributed by atoms with Crippen LogP contribution in [0.5, 0.6) is 0 Å². The SMILES string of the molecule is Cc1sc(-c2ccccc2)nc1CCC(=O)c1cc(CC([PH]2(O)OC(C)C(C)O2)[PH]2(O)OC(C)C(C)O2)ccc1F. The summed E-state index contributed by atoms with van der Waals surface area (Å²) >= 11 is 1.57. The Morgan fingerprint density at radius 2 is 1.51 bits per heavy atom. The van der Waals surface area contributed by atoms with Gasteiger partial charge in [-0.15, -0.1) is 0 Å². The average molecular weight is 626 g/mol. The van der Waals surface area contributed by atoms with E-state index in [-0.39, 0.29) is 48.6 Å². The zero-order chi connectivity index (χ0) is 29.5. The van der Waals surface area contributed by atoms with Crippen LogP contribution in [0.25, 0.3) is 10.6 Å². The van der Waals surface area contributed by atoms with Crippen molar-refractivity contribution in [2.75, 3.05) is 0 Å². The van der Waals surface area contributed by atoms with Crippen LogP contribution < -0.4 is 0 Å². The Bertz CT molecular complexity index is 1360. The number of halogens is 1. The van der Waals surface area contributed by atoms with Gasteiger partial charge in [-0.2, -0.15) is 0 Å². The fraction of sp³-hybridized carbons (Fsp3) is 0.448. The number of Topliss-reactive ketones (excluding diaryl/α,β-unsaturated/α-hetero) is 1. The molecule has 1 aromatic heterocycles. The monoisotopic (exact) mass is 625 g/mol. The van der Waals surface area contributed by atoms with Crippen molar-refractivity contribution >= 4 is 33.0 Å². The summed E-state index contributed by atoms with van der Waals surface area (Å²) in [6, 6.07) is 14.1. The number of thiazole rings is 1. The van der Waals surface area contributed by atoms with Crippen molar-refractivity contribution in [3.63, 3.8) is 0 Å². The Kier molecular flexibility index (Phi) is 9.08. The molecule has 3 aromatic rings. The first-order valence-corrected chi connectivity index (χ1v) is 18.4. The summed E-state index contributed by atoms with van der Waals surface area (Å²) in [4.78, 5) is 42.1. The number of ketones is 1. The molecule has 0 saturated carbocycles. The summed E-state index contributed by atoms with van der Waals surface area (Å²) < 4.78 is 38.6. The number of nitrogens with zero attached hydrogens (tertiary/aromatic N) is 1. The minimum absolute atomic E-state index is 0.0382. The first-order chi connectivity index (χ1) is 19.4. The van der Waals surface area contributed by atoms with Crippen LogP contribution in [0.4, 0.5) is 4.39 Å². The van der Waals surface area contributed by atoms with Crippen molar-refractivity contribution in [3.05, 3.63) is 76.0 Å². The normalized spacial score (nSPS) is 27.4. The third-order valence-corrected chi connectivity index (χ3v) is 16.2. The molecule has 2 fully saturated rings. The molecule has 8 nitrogen and oxygen atoms in total. The van der Waals surface area contributed by atoms with Crippen LogP contribution in [0.3, 0.4) is 0 Å². The maximum atomic E-state index is 14.9. The third-order valence-electron chi connectivity index (χ3n) is 7.90. The number of carbonyl (C=O) groups excluding carboxylic acids is 1. The van der Waals surface area contributed by atoms with Crippen LogP contribution in [0.2, 0.25) is 0 Å². The second-order valence-corrected chi connectivity index (χ2v) is 17.6. The van der Waals surface area contributed by atoms with Crippen LogP contribution in [-0.4, -0.2) is 50.4 Å². The molecule has 4 atom stereocenters. The molecule has 3 heterocycles. The van der Waals surface area contributed by atoms with Crippen LogP contribution in [0, 0.1) is 12.7 Å². The molecular weight excluding hydrogens is 587 g/mol. The van der Waals surface area contributed by atoms with Crippen LogP contribution >= 0.6 is 27.2 Å². The number of hydrogen-bond donors (Lipinski definition) is 2. The predicted molar refractivity (Wildman–Crippen MR) is 162 cm³/mol. The summed E-state index contributed by atoms with van der Waals surface area (Å²) in [5, 5.41) is -0.105. The number of rotatable bonds is 9. The van der Waals surface area contributed by atoms with Gasteiger partial charge < -0.3 is 0 Å². The molecule has 41 heavy (non-hydrogen) atoms. The van der Waals surface area contributed by atoms with E-state index >= 15 is 0 Å². The number of aryl methyl sites for hydroxylation is 2. The molecule has 12 heteroatoms. The zero-order valence-electron chi connectivity index (χ0n) is 23.8. The molecule has 2 aliphatic heterocycles. The van der Waals surface area contributed by atoms with Crippen molar-refractivity contribution in [3.8, 4) is 10.6 Å². The van der Waals surface area contributed by atoms with E-state index in [1.54, 1.807) is 39.0 Å². The number of carbonyl (C=O) groups is 1. The Hall–Kier alpha value is -1.71. The first kappa shape index (κ1) is 30.7. The molecule has 2 aliphatic rings. The fourth-order valence-corrected chi connectivity index (χ4v) is 13.5. The second kappa shape index (κ2) is 12.1. The average Bonchev–Trinajstić information content (AvgIpc) is 3.53. The van der Waals surface area contributed by atoms with Crippen molar-refractivity contribution in [2.24, 2.45) is 0 Å². The number of benzene rings is 2. The van der Waals surface area contributed by atoms with Gasteiger partial charge >= 0.3 is 215 Å². The van der Waals surface area contributed by atoms with E-state index in [2.05, 4.69) is 0 Å². The van der Waals surface area contributed by atoms with Crippen LogP contribution in [0.15, 0.2) is 48.5 Å². The van der Waals surface area contributed by atoms with E-state index in [1.807, 2.05) is 37.3 Å². The predicted octanol–water partition coefficient (Wildman–Crippen LogP) is 6.56. The molecule has 2 N–H and O–H groups in total. The summed E-state index contributed by atoms with van der Waals surface area (Å²) in [6.45, 7) is 9.14. The molecule has 2 aromatic carbocycles. The van der Waals surface area contributed by atoms with E-state index < -0.39 is 27.1 Å². The van der Waals surface area contributed by atoms with Gasteiger partial charge in [0.1, 0.15) is 0 Å². The van der Waals surface area contributed by atoms with Crippen LogP contribution in [-0.2, 0) is 30.9 Å². The maximum absolute atomic E-state index is 14.9. The first-order valence-electron chi connectivity index (χ1n) is 13.9. The minimum atomic E-state index is -3.99. The van der Waals surface area contributed by atoms with Gasteiger partial charge in [-0.3, -0.25) is 0 Å². The molecule has 0 spiro atoms. The molecule has 0 aliphatic carbocycles. The molecule has 0 bridgehead atoms. The van der Waals surface area contributed by atoms with Gasteiger partial charge in [-0.1, -0.05) is 30.3 Å². The van der Waals surface area contributed by atoms with Gasteiger partial charge in [0.2, 0.25) is 0 Å². The zero-order valence-corrected chi connectivity index (χ0v) is 26.6. The van der Waals surface area contributed by atoms with Crippen molar-refractivity contribution in [2.45, 2.75) is 83.7 Å². The number of aromatic nitrogens is 1. The van der Waals surface area contributed by atoms with Gasteiger partial charge in [0, 0.05) is 0 Å². The van der Waals surface area contributed by atoms with E-state index in [9.17, 15) is 19.0 Å². The molecule has 5 rings (SSSR count). The van der Waals surface area contributed by atoms with Gasteiger partial charge in [-0.05, 0) is 0 Å². The molecule has 224 valence electrons. The Balaban J connectivity index is 1.35. The molecule has 0 amide bonds. The summed E-state index contributed by atoms with van der Waals surface area (Å²) in [5.41, 5.74) is 2.32. The molecule has 2 saturated heterocycles. The van der Waals surface area contributed by atoms with Gasteiger partial charge in [-0.25, -0.2) is 0 Å². The summed E-state index contributed by atoms with van der Waals surface area (Å²) in [7, 11) is -7.99. The topological polar surface area (TPSA) is 107 Å². The van der Waals surface area contributed by atoms with Gasteiger partial charge in [0.25, 0.3) is 0 Å². The van der Waals surface area contributed by atoms with E-state index in [0.717, 1.165) is 21.1 Å². The quantitative estimate of drug-likeness (QED) is 0.203. The standard InChI is InChI=1S/C29H38FNO7P2S/c1-17-18(2)36-39(33,35-17)28(40(34)37-19(3)20(4)38-40)16-22-11-12-25(30)24(15-22)27(32)14-13-26-21(5)41-29(31-26)23-9-7-6-8-10-23/h6-12,15,17-20,28,33-34,39-40H,13-14,16H2,1-5H3. The third kappa shape index (κ3) is 6.47. The Morgan fingerprint density at radius 3 is 2.07 bits per heavy atom. The fourth-order valence-electron chi connectivity index (χ4n) is 5.20. The van der Waals surface area contributed by atoms with Gasteiger partial charge in [0.15, 0.2) is 0 Å². The van der Waals surface area contributed by atoms with E-state index in [1.165, 1.54) is 18.2 Å². The van der Waals surface area contributed by atoms with Crippen molar-refractivity contribution in [1.82, 2.24) is 4.98 Å². The summed E-state index contributed by atoms with van der Waals surface area (Å²) in [6.07, 6.45) is -1.03. The second-order valence-electron chi connectivity index (χ2n) is 10.9. The van der Waals surface area contributed by atoms with E-state index in [0.29, 0.717) is 12.0 Å². The molecule has 4 unspecified atom stereocenters. The molecular formula is C29H38FNO7P2S.